The largest absolute Gasteiger partial charge is 0.354 e. The Kier molecular flexibility index (Phi) is 11.1. The van der Waals surface area contributed by atoms with Crippen LogP contribution >= 0.6 is 17.4 Å². The average Bonchev–Trinajstić information content (AvgIpc) is 2.27. The van der Waals surface area contributed by atoms with Gasteiger partial charge in [-0.2, -0.15) is 0 Å². The molecule has 0 aliphatic heterocycles. The van der Waals surface area contributed by atoms with Gasteiger partial charge in [0.2, 0.25) is 0 Å². The van der Waals surface area contributed by atoms with Crippen LogP contribution in [0.25, 0.3) is 0 Å². The van der Waals surface area contributed by atoms with Crippen LogP contribution in [0.15, 0.2) is 23.3 Å². The van der Waals surface area contributed by atoms with Crippen molar-refractivity contribution in [1.82, 2.24) is 0 Å². The SMILES string of the molecule is CC(=O)CC/C(C)=C/CC/C(C)=C/COPP. The maximum Gasteiger partial charge on any atom is 0.130 e. The van der Waals surface area contributed by atoms with Crippen molar-refractivity contribution in [2.45, 2.75) is 46.5 Å². The molecule has 0 aliphatic carbocycles. The Morgan fingerprint density at radius 1 is 1.12 bits per heavy atom. The van der Waals surface area contributed by atoms with Crippen LogP contribution in [0.5, 0.6) is 0 Å². The molecule has 0 N–H and O–H groups in total. The second-order valence-corrected chi connectivity index (χ2v) is 5.50. The molecule has 0 rings (SSSR count). The van der Waals surface area contributed by atoms with Gasteiger partial charge < -0.3 is 9.32 Å². The Hall–Kier alpha value is -0.0300. The molecule has 98 valence electrons. The number of carbonyl (C=O) groups excluding carboxylic acids is 1. The van der Waals surface area contributed by atoms with Crippen LogP contribution in [-0.2, 0) is 9.32 Å². The van der Waals surface area contributed by atoms with E-state index >= 15 is 0 Å². The lowest BCUT2D eigenvalue weighted by atomic mass is 10.1. The number of hydrogen-bond acceptors (Lipinski definition) is 2. The molecular formula is C13H24O2P2. The van der Waals surface area contributed by atoms with E-state index in [4.69, 9.17) is 4.52 Å². The summed E-state index contributed by atoms with van der Waals surface area (Å²) >= 11 is 0. The Balaban J connectivity index is 3.76. The predicted molar refractivity (Wildman–Crippen MR) is 80.6 cm³/mol. The fourth-order valence-corrected chi connectivity index (χ4v) is 1.82. The van der Waals surface area contributed by atoms with Crippen LogP contribution in [0.3, 0.4) is 0 Å². The zero-order valence-electron chi connectivity index (χ0n) is 11.1. The summed E-state index contributed by atoms with van der Waals surface area (Å²) in [6.07, 6.45) is 8.06. The van der Waals surface area contributed by atoms with Crippen molar-refractivity contribution in [3.05, 3.63) is 23.3 Å². The molecule has 4 heteroatoms. The Labute approximate surface area is 109 Å². The second kappa shape index (κ2) is 11.1. The topological polar surface area (TPSA) is 26.3 Å². The molecule has 0 aromatic rings. The second-order valence-electron chi connectivity index (χ2n) is 4.27. The minimum Gasteiger partial charge on any atom is -0.354 e. The summed E-state index contributed by atoms with van der Waals surface area (Å²) < 4.78 is 5.26. The lowest BCUT2D eigenvalue weighted by Gasteiger charge is -2.01. The lowest BCUT2D eigenvalue weighted by Crippen LogP contribution is -1.90. The summed E-state index contributed by atoms with van der Waals surface area (Å²) in [5.41, 5.74) is 2.68. The Bertz CT molecular complexity index is 283. The van der Waals surface area contributed by atoms with E-state index in [0.29, 0.717) is 21.5 Å². The van der Waals surface area contributed by atoms with E-state index in [1.54, 1.807) is 6.92 Å². The third-order valence-electron chi connectivity index (χ3n) is 2.50. The van der Waals surface area contributed by atoms with Crippen LogP contribution < -0.4 is 0 Å². The number of rotatable bonds is 9. The molecule has 0 radical (unpaired) electrons. The fraction of sp³-hybridized carbons (Fsp3) is 0.615. The normalized spacial score (nSPS) is 13.6. The van der Waals surface area contributed by atoms with Gasteiger partial charge in [-0.15, -0.1) is 0 Å². The van der Waals surface area contributed by atoms with Crippen LogP contribution in [-0.4, -0.2) is 12.4 Å². The molecule has 2 unspecified atom stereocenters. The first-order valence-electron chi connectivity index (χ1n) is 5.94. The molecule has 0 saturated carbocycles. The zero-order chi connectivity index (χ0) is 13.1. The van der Waals surface area contributed by atoms with E-state index in [9.17, 15) is 4.79 Å². The van der Waals surface area contributed by atoms with Crippen molar-refractivity contribution in [3.8, 4) is 0 Å². The van der Waals surface area contributed by atoms with E-state index in [-0.39, 0.29) is 5.78 Å². The molecule has 0 spiro atoms. The predicted octanol–water partition coefficient (Wildman–Crippen LogP) is 4.43. The van der Waals surface area contributed by atoms with Gasteiger partial charge in [0.15, 0.2) is 0 Å². The van der Waals surface area contributed by atoms with E-state index in [1.807, 2.05) is 0 Å². The van der Waals surface area contributed by atoms with Gasteiger partial charge in [0, 0.05) is 14.9 Å². The minimum atomic E-state index is 0.268. The van der Waals surface area contributed by atoms with Gasteiger partial charge in [-0.3, -0.25) is 0 Å². The number of allylic oxidation sites excluding steroid dienone is 3. The van der Waals surface area contributed by atoms with Gasteiger partial charge in [0.05, 0.1) is 6.61 Å². The van der Waals surface area contributed by atoms with Gasteiger partial charge >= 0.3 is 0 Å². The number of ketones is 1. The first-order valence-corrected chi connectivity index (χ1v) is 8.66. The van der Waals surface area contributed by atoms with Crippen molar-refractivity contribution in [2.75, 3.05) is 6.61 Å². The fourth-order valence-electron chi connectivity index (χ4n) is 1.36. The average molecular weight is 274 g/mol. The van der Waals surface area contributed by atoms with Crippen molar-refractivity contribution >= 4 is 23.2 Å². The summed E-state index contributed by atoms with van der Waals surface area (Å²) in [5.74, 6) is 0.268. The summed E-state index contributed by atoms with van der Waals surface area (Å²) in [6, 6.07) is 0. The third kappa shape index (κ3) is 12.2. The van der Waals surface area contributed by atoms with Crippen LogP contribution in [0, 0.1) is 0 Å². The minimum absolute atomic E-state index is 0.268. The Morgan fingerprint density at radius 3 is 2.35 bits per heavy atom. The highest BCUT2D eigenvalue weighted by atomic mass is 32.0. The molecule has 0 heterocycles. The zero-order valence-corrected chi connectivity index (χ0v) is 13.2. The standard InChI is InChI=1S/C13H24O2P2/c1-11(7-8-13(3)14)5-4-6-12(2)9-10-15-17-16/h5,9,17H,4,6-8,10,16H2,1-3H3/b11-5+,12-9+. The van der Waals surface area contributed by atoms with Gasteiger partial charge in [-0.05, 0) is 40.0 Å². The monoisotopic (exact) mass is 274 g/mol. The molecule has 2 atom stereocenters. The van der Waals surface area contributed by atoms with Gasteiger partial charge in [-0.25, -0.2) is 0 Å². The molecule has 0 bridgehead atoms. The third-order valence-corrected chi connectivity index (χ3v) is 3.33. The highest BCUT2D eigenvalue weighted by Crippen LogP contribution is 2.21. The molecule has 0 saturated heterocycles. The van der Waals surface area contributed by atoms with Crippen LogP contribution in [0.2, 0.25) is 0 Å². The molecule has 0 aromatic carbocycles. The van der Waals surface area contributed by atoms with Gasteiger partial charge in [0.1, 0.15) is 5.78 Å². The number of hydrogen-bond donors (Lipinski definition) is 0. The van der Waals surface area contributed by atoms with Gasteiger partial charge in [0.25, 0.3) is 0 Å². The maximum atomic E-state index is 10.8. The van der Waals surface area contributed by atoms with Crippen LogP contribution in [0.4, 0.5) is 0 Å². The highest BCUT2D eigenvalue weighted by molar-refractivity contribution is 8.00. The molecule has 2 nitrogen and oxygen atoms in total. The molecule has 17 heavy (non-hydrogen) atoms. The molecule has 0 aliphatic rings. The van der Waals surface area contributed by atoms with Crippen molar-refractivity contribution in [2.24, 2.45) is 0 Å². The first kappa shape index (κ1) is 17.0. The summed E-state index contributed by atoms with van der Waals surface area (Å²) in [5, 5.41) is 0. The quantitative estimate of drug-likeness (QED) is 0.353. The molecule has 0 fully saturated rings. The highest BCUT2D eigenvalue weighted by Gasteiger charge is 1.95. The smallest absolute Gasteiger partial charge is 0.130 e. The van der Waals surface area contributed by atoms with Crippen molar-refractivity contribution in [3.63, 3.8) is 0 Å². The van der Waals surface area contributed by atoms with E-state index in [1.165, 1.54) is 11.1 Å². The van der Waals surface area contributed by atoms with E-state index < -0.39 is 0 Å². The molecule has 0 amide bonds. The van der Waals surface area contributed by atoms with Crippen molar-refractivity contribution in [1.29, 1.82) is 0 Å². The summed E-state index contributed by atoms with van der Waals surface area (Å²) in [7, 11) is 3.05. The van der Waals surface area contributed by atoms with Crippen molar-refractivity contribution < 1.29 is 9.32 Å². The first-order chi connectivity index (χ1) is 8.06. The number of Topliss-reactive ketones (excluding diaryl/α,β-unsaturated/α-hetero) is 1. The molecule has 0 aromatic heterocycles. The summed E-state index contributed by atoms with van der Waals surface area (Å²) in [6.45, 7) is 6.59. The van der Waals surface area contributed by atoms with Gasteiger partial charge in [-0.1, -0.05) is 32.2 Å². The Morgan fingerprint density at radius 2 is 1.76 bits per heavy atom. The summed E-state index contributed by atoms with van der Waals surface area (Å²) in [4.78, 5) is 10.8. The number of carbonyl (C=O) groups is 1. The van der Waals surface area contributed by atoms with E-state index in [2.05, 4.69) is 34.9 Å². The lowest BCUT2D eigenvalue weighted by molar-refractivity contribution is -0.116. The van der Waals surface area contributed by atoms with E-state index in [0.717, 1.165) is 19.3 Å². The maximum absolute atomic E-state index is 10.8. The van der Waals surface area contributed by atoms with Crippen LogP contribution in [0.1, 0.15) is 46.5 Å². The molecular weight excluding hydrogens is 250 g/mol.